The number of ether oxygens (including phenoxy) is 2. The van der Waals surface area contributed by atoms with Crippen LogP contribution in [-0.4, -0.2) is 41.0 Å². The molecule has 0 aromatic heterocycles. The fraction of sp³-hybridized carbons (Fsp3) is 0.684. The summed E-state index contributed by atoms with van der Waals surface area (Å²) in [6, 6.07) is 0. The van der Waals surface area contributed by atoms with Crippen LogP contribution in [0, 0.1) is 23.7 Å². The minimum Gasteiger partial charge on any atom is -0.512 e. The number of carbonyl (C=O) groups excluding carboxylic acids is 2. The Hall–Kier alpha value is -1.66. The summed E-state index contributed by atoms with van der Waals surface area (Å²) >= 11 is 0. The molecule has 2 aliphatic carbocycles. The Morgan fingerprint density at radius 1 is 1.24 bits per heavy atom. The van der Waals surface area contributed by atoms with Gasteiger partial charge >= 0.3 is 5.97 Å². The first kappa shape index (κ1) is 18.1. The van der Waals surface area contributed by atoms with E-state index in [1.54, 1.807) is 0 Å². The van der Waals surface area contributed by atoms with E-state index in [0.29, 0.717) is 12.8 Å². The number of ketones is 1. The third-order valence-electron chi connectivity index (χ3n) is 5.68. The van der Waals surface area contributed by atoms with E-state index in [1.165, 1.54) is 7.11 Å². The third-order valence-corrected chi connectivity index (χ3v) is 5.68. The van der Waals surface area contributed by atoms with Crippen molar-refractivity contribution in [2.75, 3.05) is 7.11 Å². The molecule has 1 fully saturated rings. The summed E-state index contributed by atoms with van der Waals surface area (Å²) in [6.07, 6.45) is 3.82. The van der Waals surface area contributed by atoms with Gasteiger partial charge in [0.25, 0.3) is 0 Å². The summed E-state index contributed by atoms with van der Waals surface area (Å²) in [4.78, 5) is 25.2. The first-order valence-corrected chi connectivity index (χ1v) is 8.84. The van der Waals surface area contributed by atoms with Gasteiger partial charge in [-0.1, -0.05) is 26.0 Å². The molecule has 0 spiro atoms. The number of carbonyl (C=O) groups is 2. The molecular weight excluding hydrogens is 324 g/mol. The molecule has 1 saturated heterocycles. The van der Waals surface area contributed by atoms with Crippen molar-refractivity contribution in [2.45, 2.75) is 51.4 Å². The zero-order valence-electron chi connectivity index (χ0n) is 14.9. The minimum absolute atomic E-state index is 0.00234. The van der Waals surface area contributed by atoms with Crippen molar-refractivity contribution < 1.29 is 29.3 Å². The molecule has 138 valence electrons. The van der Waals surface area contributed by atoms with Crippen LogP contribution in [0.4, 0.5) is 0 Å². The van der Waals surface area contributed by atoms with E-state index in [1.807, 2.05) is 26.0 Å². The van der Waals surface area contributed by atoms with Crippen molar-refractivity contribution in [1.29, 1.82) is 0 Å². The Labute approximate surface area is 147 Å². The van der Waals surface area contributed by atoms with E-state index >= 15 is 0 Å². The van der Waals surface area contributed by atoms with Crippen LogP contribution >= 0.6 is 0 Å². The average molecular weight is 350 g/mol. The number of hydrogen-bond donors (Lipinski definition) is 2. The molecule has 6 heteroatoms. The third kappa shape index (κ3) is 3.02. The molecule has 3 aliphatic rings. The van der Waals surface area contributed by atoms with Crippen molar-refractivity contribution in [2.24, 2.45) is 23.7 Å². The number of aliphatic hydroxyl groups is 2. The van der Waals surface area contributed by atoms with Crippen LogP contribution in [0.15, 0.2) is 23.5 Å². The van der Waals surface area contributed by atoms with Gasteiger partial charge in [0.05, 0.1) is 5.57 Å². The summed E-state index contributed by atoms with van der Waals surface area (Å²) in [7, 11) is 1.36. The van der Waals surface area contributed by atoms with Crippen LogP contribution in [0.5, 0.6) is 0 Å². The van der Waals surface area contributed by atoms with Crippen LogP contribution in [0.2, 0.25) is 0 Å². The lowest BCUT2D eigenvalue weighted by atomic mass is 9.63. The molecule has 0 bridgehead atoms. The first-order valence-electron chi connectivity index (χ1n) is 8.84. The van der Waals surface area contributed by atoms with Crippen LogP contribution in [0.3, 0.4) is 0 Å². The lowest BCUT2D eigenvalue weighted by molar-refractivity contribution is -0.251. The molecule has 0 saturated carbocycles. The second-order valence-corrected chi connectivity index (χ2v) is 7.75. The molecule has 0 amide bonds. The van der Waals surface area contributed by atoms with Crippen molar-refractivity contribution in [1.82, 2.24) is 0 Å². The lowest BCUT2D eigenvalue weighted by Gasteiger charge is -2.51. The monoisotopic (exact) mass is 350 g/mol. The van der Waals surface area contributed by atoms with Crippen molar-refractivity contribution >= 4 is 11.8 Å². The van der Waals surface area contributed by atoms with Gasteiger partial charge in [0.1, 0.15) is 11.5 Å². The smallest absolute Gasteiger partial charge is 0.338 e. The van der Waals surface area contributed by atoms with Crippen molar-refractivity contribution in [3.05, 3.63) is 23.5 Å². The van der Waals surface area contributed by atoms with E-state index in [0.717, 1.165) is 0 Å². The largest absolute Gasteiger partial charge is 0.512 e. The Morgan fingerprint density at radius 3 is 2.64 bits per heavy atom. The first-order chi connectivity index (χ1) is 11.8. The molecule has 25 heavy (non-hydrogen) atoms. The van der Waals surface area contributed by atoms with Crippen molar-refractivity contribution in [3.63, 3.8) is 0 Å². The fourth-order valence-electron chi connectivity index (χ4n) is 4.63. The van der Waals surface area contributed by atoms with Gasteiger partial charge < -0.3 is 19.7 Å². The van der Waals surface area contributed by atoms with Gasteiger partial charge in [0.15, 0.2) is 11.9 Å². The molecule has 1 heterocycles. The maximum absolute atomic E-state index is 12.8. The summed E-state index contributed by atoms with van der Waals surface area (Å²) in [5, 5.41) is 21.0. The van der Waals surface area contributed by atoms with Gasteiger partial charge in [-0.05, 0) is 18.3 Å². The summed E-state index contributed by atoms with van der Waals surface area (Å²) < 4.78 is 10.8. The predicted molar refractivity (Wildman–Crippen MR) is 89.4 cm³/mol. The van der Waals surface area contributed by atoms with Gasteiger partial charge in [-0.2, -0.15) is 0 Å². The van der Waals surface area contributed by atoms with E-state index in [4.69, 9.17) is 9.47 Å². The fourth-order valence-corrected chi connectivity index (χ4v) is 4.63. The topological polar surface area (TPSA) is 93.1 Å². The zero-order valence-corrected chi connectivity index (χ0v) is 14.9. The predicted octanol–water partition coefficient (Wildman–Crippen LogP) is 2.28. The standard InChI is InChI=1S/C19H26O6/c1-10-4-5-14-13-8-12(20)6-11(2)7-15(21)16(13)17(22)25-19(14,9-10)18(23)24-3/h4-5,10-11,13-14,18,21,23H,6-9H2,1-3H3/t10-,11-,13-,14-,18?,19+/m0/s1. The van der Waals surface area contributed by atoms with E-state index in [9.17, 15) is 19.8 Å². The van der Waals surface area contributed by atoms with Crippen LogP contribution in [0.1, 0.15) is 39.5 Å². The molecule has 1 aliphatic heterocycles. The minimum atomic E-state index is -1.29. The number of aliphatic hydroxyl groups excluding tert-OH is 2. The second-order valence-electron chi connectivity index (χ2n) is 7.75. The lowest BCUT2D eigenvalue weighted by Crippen LogP contribution is -2.60. The Balaban J connectivity index is 2.12. The molecule has 1 unspecified atom stereocenters. The Morgan fingerprint density at radius 2 is 1.96 bits per heavy atom. The van der Waals surface area contributed by atoms with Gasteiger partial charge in [-0.25, -0.2) is 4.79 Å². The van der Waals surface area contributed by atoms with Crippen LogP contribution in [0.25, 0.3) is 0 Å². The van der Waals surface area contributed by atoms with E-state index in [-0.39, 0.29) is 41.8 Å². The summed E-state index contributed by atoms with van der Waals surface area (Å²) in [5.74, 6) is -1.43. The molecule has 0 radical (unpaired) electrons. The van der Waals surface area contributed by atoms with Crippen LogP contribution < -0.4 is 0 Å². The molecule has 3 rings (SSSR count). The number of fused-ring (bicyclic) bond motifs is 3. The highest BCUT2D eigenvalue weighted by Gasteiger charge is 2.58. The number of Topliss-reactive ketones (excluding diaryl/α,β-unsaturated/α-hetero) is 1. The highest BCUT2D eigenvalue weighted by molar-refractivity contribution is 5.93. The number of rotatable bonds is 2. The van der Waals surface area contributed by atoms with E-state index < -0.39 is 29.7 Å². The number of hydrogen-bond acceptors (Lipinski definition) is 6. The number of allylic oxidation sites excluding steroid dienone is 2. The zero-order chi connectivity index (χ0) is 18.4. The quantitative estimate of drug-likeness (QED) is 0.451. The normalized spacial score (nSPS) is 39.8. The van der Waals surface area contributed by atoms with Crippen LogP contribution in [-0.2, 0) is 19.1 Å². The SMILES string of the molecule is COC(O)[C@@]12C[C@@H](C)C=C[C@H]1[C@@H]1CC(=O)C[C@H](C)CC(O)=C1C(=O)O2. The van der Waals surface area contributed by atoms with Gasteiger partial charge in [0, 0.05) is 38.2 Å². The molecule has 0 aromatic carbocycles. The number of methoxy groups -OCH3 is 1. The van der Waals surface area contributed by atoms with Crippen molar-refractivity contribution in [3.8, 4) is 0 Å². The Kier molecular flexibility index (Phi) is 4.77. The van der Waals surface area contributed by atoms with Gasteiger partial charge in [-0.15, -0.1) is 0 Å². The highest BCUT2D eigenvalue weighted by Crippen LogP contribution is 2.50. The number of esters is 1. The average Bonchev–Trinajstić information content (AvgIpc) is 2.51. The van der Waals surface area contributed by atoms with Gasteiger partial charge in [-0.3, -0.25) is 4.79 Å². The molecule has 0 aromatic rings. The molecule has 6 atom stereocenters. The maximum atomic E-state index is 12.8. The summed E-state index contributed by atoms with van der Waals surface area (Å²) in [5.41, 5.74) is -1.05. The second kappa shape index (κ2) is 6.57. The van der Waals surface area contributed by atoms with Gasteiger partial charge in [0.2, 0.25) is 0 Å². The Bertz CT molecular complexity index is 636. The molecule has 6 nitrogen and oxygen atoms in total. The molecule has 2 N–H and O–H groups in total. The van der Waals surface area contributed by atoms with E-state index in [2.05, 4.69) is 0 Å². The highest BCUT2D eigenvalue weighted by atomic mass is 16.6. The molecular formula is C19H26O6. The maximum Gasteiger partial charge on any atom is 0.338 e. The summed E-state index contributed by atoms with van der Waals surface area (Å²) in [6.45, 7) is 3.85.